The lowest BCUT2D eigenvalue weighted by molar-refractivity contribution is -0.140. The van der Waals surface area contributed by atoms with Gasteiger partial charge in [-0.15, -0.1) is 0 Å². The minimum atomic E-state index is -4.35. The Morgan fingerprint density at radius 2 is 1.78 bits per heavy atom. The van der Waals surface area contributed by atoms with Gasteiger partial charge in [-0.25, -0.2) is 4.79 Å². The van der Waals surface area contributed by atoms with Gasteiger partial charge >= 0.3 is 12.2 Å². The second kappa shape index (κ2) is 9.27. The summed E-state index contributed by atoms with van der Waals surface area (Å²) in [6, 6.07) is 4.82. The maximum Gasteiger partial charge on any atom is 0.416 e. The lowest BCUT2D eigenvalue weighted by atomic mass is 10.0. The predicted octanol–water partition coefficient (Wildman–Crippen LogP) is 2.96. The Kier molecular flexibility index (Phi) is 6.62. The third-order valence-corrected chi connectivity index (χ3v) is 6.41. The van der Waals surface area contributed by atoms with Gasteiger partial charge in [0.25, 0.3) is 0 Å². The van der Waals surface area contributed by atoms with E-state index in [0.717, 1.165) is 12.1 Å². The van der Waals surface area contributed by atoms with E-state index in [0.29, 0.717) is 51.0 Å². The smallest absolute Gasteiger partial charge is 0.370 e. The molecule has 0 bridgehead atoms. The molecule has 1 aromatic rings. The Hall–Kier alpha value is -2.33. The Labute approximate surface area is 184 Å². The number of amides is 3. The van der Waals surface area contributed by atoms with Crippen molar-refractivity contribution in [3.05, 3.63) is 35.4 Å². The SMILES string of the molecule is CC(OC1CCN(C(=O)N2CC[C@@H]3OCC(=O)NC3C2)CC1)c1ccc(C(F)(F)F)cc1. The van der Waals surface area contributed by atoms with E-state index in [1.165, 1.54) is 12.1 Å². The molecule has 4 rings (SSSR count). The molecule has 0 aliphatic carbocycles. The highest BCUT2D eigenvalue weighted by Gasteiger charge is 2.38. The number of morpholine rings is 1. The van der Waals surface area contributed by atoms with Gasteiger partial charge in [-0.1, -0.05) is 12.1 Å². The van der Waals surface area contributed by atoms with Gasteiger partial charge in [0.1, 0.15) is 6.61 Å². The number of likely N-dealkylation sites (tertiary alicyclic amines) is 2. The summed E-state index contributed by atoms with van der Waals surface area (Å²) < 4.78 is 49.8. The number of hydrogen-bond acceptors (Lipinski definition) is 4. The van der Waals surface area contributed by atoms with Crippen LogP contribution in [0.4, 0.5) is 18.0 Å². The van der Waals surface area contributed by atoms with Gasteiger partial charge < -0.3 is 24.6 Å². The van der Waals surface area contributed by atoms with Gasteiger partial charge in [-0.2, -0.15) is 13.2 Å². The molecule has 0 saturated carbocycles. The average molecular weight is 455 g/mol. The van der Waals surface area contributed by atoms with Crippen LogP contribution in [-0.4, -0.2) is 72.8 Å². The number of fused-ring (bicyclic) bond motifs is 1. The molecule has 3 aliphatic rings. The zero-order chi connectivity index (χ0) is 22.9. The van der Waals surface area contributed by atoms with E-state index in [2.05, 4.69) is 5.32 Å². The predicted molar refractivity (Wildman–Crippen MR) is 109 cm³/mol. The normalized spacial score (nSPS) is 25.8. The minimum Gasteiger partial charge on any atom is -0.370 e. The van der Waals surface area contributed by atoms with Gasteiger partial charge in [0.05, 0.1) is 29.9 Å². The lowest BCUT2D eigenvalue weighted by Gasteiger charge is -2.43. The third-order valence-electron chi connectivity index (χ3n) is 6.41. The number of nitrogens with zero attached hydrogens (tertiary/aromatic N) is 2. The molecule has 0 aromatic heterocycles. The molecule has 3 heterocycles. The quantitative estimate of drug-likeness (QED) is 0.761. The van der Waals surface area contributed by atoms with Crippen molar-refractivity contribution in [3.8, 4) is 0 Å². The zero-order valence-corrected chi connectivity index (χ0v) is 17.9. The van der Waals surface area contributed by atoms with E-state index in [9.17, 15) is 22.8 Å². The molecule has 10 heteroatoms. The highest BCUT2D eigenvalue weighted by Crippen LogP contribution is 2.31. The number of piperidine rings is 2. The number of ether oxygens (including phenoxy) is 2. The Balaban J connectivity index is 1.25. The molecule has 176 valence electrons. The van der Waals surface area contributed by atoms with Crippen LogP contribution < -0.4 is 5.32 Å². The fraction of sp³-hybridized carbons (Fsp3) is 0.636. The van der Waals surface area contributed by atoms with Crippen LogP contribution in [0.3, 0.4) is 0 Å². The Morgan fingerprint density at radius 3 is 2.44 bits per heavy atom. The summed E-state index contributed by atoms with van der Waals surface area (Å²) in [6.45, 7) is 4.04. The van der Waals surface area contributed by atoms with Crippen LogP contribution in [0.1, 0.15) is 43.4 Å². The van der Waals surface area contributed by atoms with Crippen molar-refractivity contribution in [2.45, 2.75) is 56.7 Å². The molecular formula is C22H28F3N3O4. The topological polar surface area (TPSA) is 71.1 Å². The van der Waals surface area contributed by atoms with Crippen molar-refractivity contribution < 1.29 is 32.2 Å². The molecule has 0 spiro atoms. The monoisotopic (exact) mass is 455 g/mol. The van der Waals surface area contributed by atoms with Gasteiger partial charge in [0.2, 0.25) is 5.91 Å². The first-order valence-corrected chi connectivity index (χ1v) is 11.0. The van der Waals surface area contributed by atoms with Crippen LogP contribution in [0.15, 0.2) is 24.3 Å². The molecule has 1 aromatic carbocycles. The largest absolute Gasteiger partial charge is 0.416 e. The van der Waals surface area contributed by atoms with E-state index in [1.54, 1.807) is 9.80 Å². The summed E-state index contributed by atoms with van der Waals surface area (Å²) in [5.41, 5.74) is 0.0137. The summed E-state index contributed by atoms with van der Waals surface area (Å²) in [5, 5.41) is 2.90. The summed E-state index contributed by atoms with van der Waals surface area (Å²) in [6.07, 6.45) is -2.77. The number of hydrogen-bond donors (Lipinski definition) is 1. The average Bonchev–Trinajstić information content (AvgIpc) is 2.78. The molecule has 3 amide bonds. The van der Waals surface area contributed by atoms with Crippen molar-refractivity contribution in [1.29, 1.82) is 0 Å². The van der Waals surface area contributed by atoms with Crippen molar-refractivity contribution in [2.24, 2.45) is 0 Å². The first-order chi connectivity index (χ1) is 15.2. The third kappa shape index (κ3) is 5.17. The standard InChI is InChI=1S/C22H28F3N3O4/c1-14(15-2-4-16(5-3-15)22(23,24)25)32-17-6-9-27(10-7-17)21(30)28-11-8-19-18(12-28)26-20(29)13-31-19/h2-5,14,17-19H,6-13H2,1H3,(H,26,29)/t14?,18?,19-/m0/s1. The van der Waals surface area contributed by atoms with Crippen LogP contribution in [0.5, 0.6) is 0 Å². The van der Waals surface area contributed by atoms with Crippen molar-refractivity contribution in [2.75, 3.05) is 32.8 Å². The molecule has 2 unspecified atom stereocenters. The number of nitrogens with one attached hydrogen (secondary N) is 1. The fourth-order valence-electron chi connectivity index (χ4n) is 4.57. The number of carbonyl (C=O) groups excluding carboxylic acids is 2. The van der Waals surface area contributed by atoms with Gasteiger partial charge in [-0.05, 0) is 43.9 Å². The summed E-state index contributed by atoms with van der Waals surface area (Å²) in [5.74, 6) is -0.152. The second-order valence-corrected chi connectivity index (χ2v) is 8.63. The maximum atomic E-state index is 12.9. The lowest BCUT2D eigenvalue weighted by Crippen LogP contribution is -2.62. The second-order valence-electron chi connectivity index (χ2n) is 8.63. The maximum absolute atomic E-state index is 12.9. The van der Waals surface area contributed by atoms with Crippen LogP contribution in [0, 0.1) is 0 Å². The number of halogens is 3. The summed E-state index contributed by atoms with van der Waals surface area (Å²) >= 11 is 0. The van der Waals surface area contributed by atoms with Gasteiger partial charge in [0, 0.05) is 26.2 Å². The fourth-order valence-corrected chi connectivity index (χ4v) is 4.57. The van der Waals surface area contributed by atoms with Gasteiger partial charge in [-0.3, -0.25) is 4.79 Å². The van der Waals surface area contributed by atoms with Crippen LogP contribution in [-0.2, 0) is 20.4 Å². The van der Waals surface area contributed by atoms with E-state index < -0.39 is 11.7 Å². The first kappa shape index (κ1) is 22.8. The molecule has 0 radical (unpaired) electrons. The molecule has 3 aliphatic heterocycles. The molecule has 7 nitrogen and oxygen atoms in total. The number of alkyl halides is 3. The number of urea groups is 1. The molecule has 3 atom stereocenters. The van der Waals surface area contributed by atoms with Crippen molar-refractivity contribution in [1.82, 2.24) is 15.1 Å². The van der Waals surface area contributed by atoms with E-state index in [1.807, 2.05) is 6.92 Å². The molecule has 3 fully saturated rings. The summed E-state index contributed by atoms with van der Waals surface area (Å²) in [7, 11) is 0. The van der Waals surface area contributed by atoms with Crippen LogP contribution in [0.25, 0.3) is 0 Å². The Bertz CT molecular complexity index is 825. The van der Waals surface area contributed by atoms with E-state index in [-0.39, 0.29) is 42.9 Å². The molecule has 32 heavy (non-hydrogen) atoms. The zero-order valence-electron chi connectivity index (χ0n) is 17.9. The number of rotatable bonds is 3. The van der Waals surface area contributed by atoms with Crippen LogP contribution in [0.2, 0.25) is 0 Å². The molecule has 3 saturated heterocycles. The van der Waals surface area contributed by atoms with Crippen LogP contribution >= 0.6 is 0 Å². The van der Waals surface area contributed by atoms with E-state index >= 15 is 0 Å². The van der Waals surface area contributed by atoms with E-state index in [4.69, 9.17) is 9.47 Å². The molecule has 1 N–H and O–H groups in total. The Morgan fingerprint density at radius 1 is 1.12 bits per heavy atom. The molecular weight excluding hydrogens is 427 g/mol. The van der Waals surface area contributed by atoms with Crippen molar-refractivity contribution in [3.63, 3.8) is 0 Å². The highest BCUT2D eigenvalue weighted by molar-refractivity contribution is 5.79. The highest BCUT2D eigenvalue weighted by atomic mass is 19.4. The van der Waals surface area contributed by atoms with Crippen molar-refractivity contribution >= 4 is 11.9 Å². The minimum absolute atomic E-state index is 0.0393. The number of carbonyl (C=O) groups is 2. The summed E-state index contributed by atoms with van der Waals surface area (Å²) in [4.78, 5) is 28.1. The first-order valence-electron chi connectivity index (χ1n) is 11.0. The van der Waals surface area contributed by atoms with Gasteiger partial charge in [0.15, 0.2) is 0 Å². The number of benzene rings is 1.